The fraction of sp³-hybridized carbons (Fsp3) is 0.429. The van der Waals surface area contributed by atoms with E-state index in [1.165, 1.54) is 17.4 Å². The number of hydrogen-bond acceptors (Lipinski definition) is 5. The topological polar surface area (TPSA) is 91.4 Å². The first-order valence-electron chi connectivity index (χ1n) is 9.90. The molecule has 1 unspecified atom stereocenters. The summed E-state index contributed by atoms with van der Waals surface area (Å²) in [6.45, 7) is 4.62. The number of hydrogen-bond donors (Lipinski definition) is 2. The van der Waals surface area contributed by atoms with Gasteiger partial charge in [-0.25, -0.2) is 14.2 Å². The molecule has 158 valence electrons. The first-order valence-corrected chi connectivity index (χ1v) is 10.7. The van der Waals surface area contributed by atoms with Crippen LogP contribution in [0, 0.1) is 25.6 Å². The van der Waals surface area contributed by atoms with E-state index in [9.17, 15) is 18.8 Å². The van der Waals surface area contributed by atoms with E-state index < -0.39 is 23.3 Å². The Morgan fingerprint density at radius 2 is 1.97 bits per heavy atom. The second-order valence-electron chi connectivity index (χ2n) is 7.86. The van der Waals surface area contributed by atoms with Gasteiger partial charge in [-0.15, -0.1) is 11.3 Å². The Morgan fingerprint density at radius 3 is 2.53 bits per heavy atom. The molecule has 2 N–H and O–H groups in total. The maximum absolute atomic E-state index is 14.3. The zero-order chi connectivity index (χ0) is 21.5. The Kier molecular flexibility index (Phi) is 5.31. The van der Waals surface area contributed by atoms with Gasteiger partial charge >= 0.3 is 6.03 Å². The summed E-state index contributed by atoms with van der Waals surface area (Å²) in [7, 11) is 0. The number of benzene rings is 1. The average molecular weight is 431 g/mol. The maximum atomic E-state index is 14.3. The number of carbonyl (C=O) groups excluding carboxylic acids is 3. The maximum Gasteiger partial charge on any atom is 0.322 e. The molecule has 2 aliphatic rings. The number of aryl methyl sites for hydroxylation is 2. The van der Waals surface area contributed by atoms with Gasteiger partial charge in [-0.1, -0.05) is 18.2 Å². The van der Waals surface area contributed by atoms with Crippen molar-refractivity contribution in [2.45, 2.75) is 38.6 Å². The molecule has 2 aromatic rings. The lowest BCUT2D eigenvalue weighted by Crippen LogP contribution is -2.58. The third kappa shape index (κ3) is 3.58. The first-order chi connectivity index (χ1) is 14.3. The Hall–Kier alpha value is -2.81. The van der Waals surface area contributed by atoms with Gasteiger partial charge in [0.1, 0.15) is 16.2 Å². The van der Waals surface area contributed by atoms with Crippen LogP contribution in [0.4, 0.5) is 9.18 Å². The van der Waals surface area contributed by atoms with Crippen molar-refractivity contribution < 1.29 is 18.8 Å². The zero-order valence-electron chi connectivity index (χ0n) is 16.8. The van der Waals surface area contributed by atoms with E-state index in [-0.39, 0.29) is 18.2 Å². The lowest BCUT2D eigenvalue weighted by atomic mass is 9.74. The minimum Gasteiger partial charge on any atom is -0.338 e. The van der Waals surface area contributed by atoms with Crippen LogP contribution in [-0.2, 0) is 11.2 Å². The number of amides is 4. The van der Waals surface area contributed by atoms with Crippen LogP contribution in [0.2, 0.25) is 0 Å². The number of halogens is 1. The predicted octanol–water partition coefficient (Wildman–Crippen LogP) is 2.57. The summed E-state index contributed by atoms with van der Waals surface area (Å²) in [5.74, 6) is -1.11. The molecule has 1 aromatic carbocycles. The molecule has 9 heteroatoms. The van der Waals surface area contributed by atoms with E-state index in [0.717, 1.165) is 10.7 Å². The molecule has 0 spiro atoms. The Labute approximate surface area is 177 Å². The standard InChI is InChI=1S/C21H23FN4O3S/c1-12-17(30-13(2)23-12)18(27)26-9-7-15(8-10-26)21(19(28)24-20(29)25-21)11-14-5-3-4-6-16(14)22/h3-6,15H,7-11H2,1-2H3,(H2,24,25,28,29). The van der Waals surface area contributed by atoms with Gasteiger partial charge in [0.25, 0.3) is 11.8 Å². The summed E-state index contributed by atoms with van der Waals surface area (Å²) >= 11 is 1.38. The van der Waals surface area contributed by atoms with Crippen molar-refractivity contribution in [2.75, 3.05) is 13.1 Å². The lowest BCUT2D eigenvalue weighted by Gasteiger charge is -2.40. The van der Waals surface area contributed by atoms with Crippen molar-refractivity contribution in [3.8, 4) is 0 Å². The number of piperidine rings is 1. The van der Waals surface area contributed by atoms with Crippen molar-refractivity contribution >= 4 is 29.2 Å². The molecule has 0 saturated carbocycles. The summed E-state index contributed by atoms with van der Waals surface area (Å²) in [5.41, 5.74) is -0.113. The van der Waals surface area contributed by atoms with Crippen molar-refractivity contribution in [1.82, 2.24) is 20.5 Å². The molecule has 2 saturated heterocycles. The van der Waals surface area contributed by atoms with E-state index >= 15 is 0 Å². The largest absolute Gasteiger partial charge is 0.338 e. The average Bonchev–Trinajstić information content (AvgIpc) is 3.20. The molecule has 30 heavy (non-hydrogen) atoms. The number of rotatable bonds is 4. The number of imide groups is 1. The van der Waals surface area contributed by atoms with Gasteiger partial charge < -0.3 is 10.2 Å². The van der Waals surface area contributed by atoms with Crippen LogP contribution in [0.5, 0.6) is 0 Å². The van der Waals surface area contributed by atoms with Gasteiger partial charge in [-0.05, 0) is 44.2 Å². The fourth-order valence-electron chi connectivity index (χ4n) is 4.45. The van der Waals surface area contributed by atoms with Gasteiger partial charge in [-0.2, -0.15) is 0 Å². The van der Waals surface area contributed by atoms with Crippen LogP contribution < -0.4 is 10.6 Å². The molecule has 4 amide bonds. The molecular weight excluding hydrogens is 407 g/mol. The van der Waals surface area contributed by atoms with E-state index in [1.807, 2.05) is 13.8 Å². The SMILES string of the molecule is Cc1nc(C)c(C(=O)N2CCC(C3(Cc4ccccc4F)NC(=O)NC3=O)CC2)s1. The highest BCUT2D eigenvalue weighted by Gasteiger charge is 2.52. The number of urea groups is 1. The third-order valence-electron chi connectivity index (χ3n) is 5.97. The smallest absolute Gasteiger partial charge is 0.322 e. The van der Waals surface area contributed by atoms with E-state index in [4.69, 9.17) is 0 Å². The van der Waals surface area contributed by atoms with E-state index in [0.29, 0.717) is 36.4 Å². The highest BCUT2D eigenvalue weighted by Crippen LogP contribution is 2.35. The molecule has 0 radical (unpaired) electrons. The van der Waals surface area contributed by atoms with Gasteiger partial charge in [0.2, 0.25) is 0 Å². The third-order valence-corrected chi connectivity index (χ3v) is 7.03. The van der Waals surface area contributed by atoms with Crippen LogP contribution in [-0.4, -0.2) is 46.4 Å². The number of nitrogens with one attached hydrogen (secondary N) is 2. The number of likely N-dealkylation sites (tertiary alicyclic amines) is 1. The lowest BCUT2D eigenvalue weighted by molar-refractivity contribution is -0.126. The second kappa shape index (κ2) is 7.79. The van der Waals surface area contributed by atoms with Gasteiger partial charge in [-0.3, -0.25) is 14.9 Å². The van der Waals surface area contributed by atoms with Gasteiger partial charge in [0.05, 0.1) is 10.7 Å². The van der Waals surface area contributed by atoms with Crippen LogP contribution >= 0.6 is 11.3 Å². The first kappa shape index (κ1) is 20.5. The second-order valence-corrected chi connectivity index (χ2v) is 9.06. The summed E-state index contributed by atoms with van der Waals surface area (Å²) < 4.78 is 14.3. The zero-order valence-corrected chi connectivity index (χ0v) is 17.6. The van der Waals surface area contributed by atoms with Crippen molar-refractivity contribution in [3.63, 3.8) is 0 Å². The van der Waals surface area contributed by atoms with Gasteiger partial charge in [0.15, 0.2) is 0 Å². The predicted molar refractivity (Wildman–Crippen MR) is 110 cm³/mol. The molecule has 0 bridgehead atoms. The number of aromatic nitrogens is 1. The number of nitrogens with zero attached hydrogens (tertiary/aromatic N) is 2. The Balaban J connectivity index is 1.53. The van der Waals surface area contributed by atoms with E-state index in [2.05, 4.69) is 15.6 Å². The Bertz CT molecular complexity index is 1020. The molecule has 2 aliphatic heterocycles. The number of thiazole rings is 1. The van der Waals surface area contributed by atoms with Gasteiger partial charge in [0, 0.05) is 19.5 Å². The molecule has 7 nitrogen and oxygen atoms in total. The molecule has 3 heterocycles. The molecule has 1 aromatic heterocycles. The van der Waals surface area contributed by atoms with Crippen molar-refractivity contribution in [3.05, 3.63) is 51.2 Å². The monoisotopic (exact) mass is 430 g/mol. The summed E-state index contributed by atoms with van der Waals surface area (Å²) in [6, 6.07) is 5.71. The molecule has 2 fully saturated rings. The molecule has 1 atom stereocenters. The minimum atomic E-state index is -1.22. The molecule has 0 aliphatic carbocycles. The quantitative estimate of drug-likeness (QED) is 0.730. The van der Waals surface area contributed by atoms with Crippen LogP contribution in [0.25, 0.3) is 0 Å². The van der Waals surface area contributed by atoms with Crippen LogP contribution in [0.1, 0.15) is 38.8 Å². The fourth-order valence-corrected chi connectivity index (χ4v) is 5.34. The molecule has 4 rings (SSSR count). The summed E-state index contributed by atoms with van der Waals surface area (Å²) in [5, 5.41) is 5.94. The normalized spacial score (nSPS) is 22.2. The minimum absolute atomic E-state index is 0.0559. The van der Waals surface area contributed by atoms with Crippen LogP contribution in [0.3, 0.4) is 0 Å². The number of carbonyl (C=O) groups is 3. The summed E-state index contributed by atoms with van der Waals surface area (Å²) in [6.07, 6.45) is 1.14. The van der Waals surface area contributed by atoms with Crippen LogP contribution in [0.15, 0.2) is 24.3 Å². The summed E-state index contributed by atoms with van der Waals surface area (Å²) in [4.78, 5) is 44.4. The highest BCUT2D eigenvalue weighted by atomic mass is 32.1. The Morgan fingerprint density at radius 1 is 1.27 bits per heavy atom. The van der Waals surface area contributed by atoms with Crippen molar-refractivity contribution in [1.29, 1.82) is 0 Å². The van der Waals surface area contributed by atoms with Crippen molar-refractivity contribution in [2.24, 2.45) is 5.92 Å². The van der Waals surface area contributed by atoms with E-state index in [1.54, 1.807) is 23.1 Å². The molecular formula is C21H23FN4O3S. The highest BCUT2D eigenvalue weighted by molar-refractivity contribution is 7.13.